The molecule has 3 rings (SSSR count). The zero-order valence-corrected chi connectivity index (χ0v) is 8.85. The first-order valence-electron chi connectivity index (χ1n) is 5.37. The summed E-state index contributed by atoms with van der Waals surface area (Å²) in [5.74, 6) is 0.628. The Morgan fingerprint density at radius 2 is 2.25 bits per heavy atom. The molecule has 0 atom stereocenters. The second-order valence-corrected chi connectivity index (χ2v) is 4.47. The average Bonchev–Trinajstić information content (AvgIpc) is 2.84. The molecule has 5 nitrogen and oxygen atoms in total. The van der Waals surface area contributed by atoms with Gasteiger partial charge in [0.05, 0.1) is 0 Å². The highest BCUT2D eigenvalue weighted by Crippen LogP contribution is 2.35. The molecule has 0 radical (unpaired) electrons. The summed E-state index contributed by atoms with van der Waals surface area (Å²) in [6.07, 6.45) is 3.18. The van der Waals surface area contributed by atoms with E-state index in [1.165, 1.54) is 5.56 Å². The Kier molecular flexibility index (Phi) is 2.00. The standard InChI is InChI=1S/C11H13N5/c12-11(4-5-11)7-8-2-1-3-9(6-8)10-13-15-16-14-10/h1-3,6H,4-5,7,12H2,(H,13,14,15,16). The lowest BCUT2D eigenvalue weighted by Crippen LogP contribution is -2.24. The van der Waals surface area contributed by atoms with Crippen LogP contribution in [0.5, 0.6) is 0 Å². The summed E-state index contributed by atoms with van der Waals surface area (Å²) in [7, 11) is 0. The highest BCUT2D eigenvalue weighted by molar-refractivity contribution is 5.55. The van der Waals surface area contributed by atoms with Gasteiger partial charge in [-0.1, -0.05) is 18.2 Å². The molecular weight excluding hydrogens is 202 g/mol. The lowest BCUT2D eigenvalue weighted by Gasteiger charge is -2.08. The van der Waals surface area contributed by atoms with Gasteiger partial charge in [-0.3, -0.25) is 0 Å². The van der Waals surface area contributed by atoms with E-state index in [0.717, 1.165) is 24.8 Å². The van der Waals surface area contributed by atoms with Crippen molar-refractivity contribution in [2.75, 3.05) is 0 Å². The van der Waals surface area contributed by atoms with Gasteiger partial charge < -0.3 is 5.73 Å². The van der Waals surface area contributed by atoms with Gasteiger partial charge in [-0.25, -0.2) is 0 Å². The third-order valence-corrected chi connectivity index (χ3v) is 2.98. The van der Waals surface area contributed by atoms with E-state index in [1.54, 1.807) is 0 Å². The van der Waals surface area contributed by atoms with E-state index in [0.29, 0.717) is 5.82 Å². The van der Waals surface area contributed by atoms with E-state index in [2.05, 4.69) is 32.8 Å². The van der Waals surface area contributed by atoms with Crippen molar-refractivity contribution < 1.29 is 0 Å². The van der Waals surface area contributed by atoms with Crippen LogP contribution in [0.15, 0.2) is 24.3 Å². The molecule has 1 heterocycles. The van der Waals surface area contributed by atoms with Crippen molar-refractivity contribution in [2.24, 2.45) is 5.73 Å². The molecule has 0 unspecified atom stereocenters. The molecule has 0 saturated heterocycles. The van der Waals surface area contributed by atoms with E-state index >= 15 is 0 Å². The molecular formula is C11H13N5. The summed E-state index contributed by atoms with van der Waals surface area (Å²) >= 11 is 0. The summed E-state index contributed by atoms with van der Waals surface area (Å²) in [6.45, 7) is 0. The van der Waals surface area contributed by atoms with Crippen molar-refractivity contribution in [2.45, 2.75) is 24.8 Å². The van der Waals surface area contributed by atoms with E-state index in [9.17, 15) is 0 Å². The lowest BCUT2D eigenvalue weighted by atomic mass is 10.0. The summed E-state index contributed by atoms with van der Waals surface area (Å²) in [5, 5.41) is 13.9. The fourth-order valence-corrected chi connectivity index (χ4v) is 1.85. The molecule has 0 aliphatic heterocycles. The SMILES string of the molecule is NC1(Cc2cccc(-c3nn[nH]n3)c2)CC1. The molecule has 82 valence electrons. The number of tetrazole rings is 1. The number of hydrogen-bond donors (Lipinski definition) is 2. The number of hydrogen-bond acceptors (Lipinski definition) is 4. The minimum atomic E-state index is 0.0376. The quantitative estimate of drug-likeness (QED) is 0.797. The van der Waals surface area contributed by atoms with Crippen LogP contribution in [-0.4, -0.2) is 26.2 Å². The van der Waals surface area contributed by atoms with Gasteiger partial charge in [0.25, 0.3) is 0 Å². The summed E-state index contributed by atoms with van der Waals surface area (Å²) in [4.78, 5) is 0. The molecule has 1 aromatic heterocycles. The largest absolute Gasteiger partial charge is 0.325 e. The predicted molar refractivity (Wildman–Crippen MR) is 59.5 cm³/mol. The topological polar surface area (TPSA) is 80.5 Å². The molecule has 0 spiro atoms. The van der Waals surface area contributed by atoms with Crippen molar-refractivity contribution in [1.82, 2.24) is 20.6 Å². The lowest BCUT2D eigenvalue weighted by molar-refractivity contribution is 0.672. The third-order valence-electron chi connectivity index (χ3n) is 2.98. The van der Waals surface area contributed by atoms with Crippen LogP contribution in [0.25, 0.3) is 11.4 Å². The number of nitrogens with zero attached hydrogens (tertiary/aromatic N) is 3. The first-order valence-corrected chi connectivity index (χ1v) is 5.37. The van der Waals surface area contributed by atoms with Crippen LogP contribution in [0.4, 0.5) is 0 Å². The van der Waals surface area contributed by atoms with Crippen molar-refractivity contribution in [3.05, 3.63) is 29.8 Å². The van der Waals surface area contributed by atoms with E-state index in [4.69, 9.17) is 5.73 Å². The van der Waals surface area contributed by atoms with Crippen LogP contribution in [0, 0.1) is 0 Å². The van der Waals surface area contributed by atoms with Crippen LogP contribution in [0.3, 0.4) is 0 Å². The zero-order valence-electron chi connectivity index (χ0n) is 8.85. The van der Waals surface area contributed by atoms with Crippen LogP contribution in [0.2, 0.25) is 0 Å². The summed E-state index contributed by atoms with van der Waals surface area (Å²) in [6, 6.07) is 8.16. The smallest absolute Gasteiger partial charge is 0.204 e. The Balaban J connectivity index is 1.88. The third kappa shape index (κ3) is 1.81. The Labute approximate surface area is 93.1 Å². The Hall–Kier alpha value is -1.75. The molecule has 16 heavy (non-hydrogen) atoms. The first-order chi connectivity index (χ1) is 7.75. The fraction of sp³-hybridized carbons (Fsp3) is 0.364. The number of nitrogens with one attached hydrogen (secondary N) is 1. The van der Waals surface area contributed by atoms with Crippen LogP contribution in [0.1, 0.15) is 18.4 Å². The summed E-state index contributed by atoms with van der Waals surface area (Å²) in [5.41, 5.74) is 8.36. The Bertz CT molecular complexity index is 487. The molecule has 1 aliphatic rings. The molecule has 0 amide bonds. The highest BCUT2D eigenvalue weighted by atomic mass is 15.5. The van der Waals surface area contributed by atoms with Gasteiger partial charge in [0.15, 0.2) is 0 Å². The van der Waals surface area contributed by atoms with Crippen LogP contribution >= 0.6 is 0 Å². The van der Waals surface area contributed by atoms with Gasteiger partial charge in [0, 0.05) is 11.1 Å². The van der Waals surface area contributed by atoms with Gasteiger partial charge in [-0.05, 0) is 36.1 Å². The minimum Gasteiger partial charge on any atom is -0.325 e. The second-order valence-electron chi connectivity index (χ2n) is 4.47. The van der Waals surface area contributed by atoms with Crippen LogP contribution in [-0.2, 0) is 6.42 Å². The minimum absolute atomic E-state index is 0.0376. The van der Waals surface area contributed by atoms with Crippen molar-refractivity contribution >= 4 is 0 Å². The molecule has 1 fully saturated rings. The molecule has 0 bridgehead atoms. The Morgan fingerprint density at radius 1 is 1.38 bits per heavy atom. The maximum atomic E-state index is 6.10. The van der Waals surface area contributed by atoms with E-state index < -0.39 is 0 Å². The number of aromatic nitrogens is 4. The van der Waals surface area contributed by atoms with Crippen molar-refractivity contribution in [1.29, 1.82) is 0 Å². The van der Waals surface area contributed by atoms with Gasteiger partial charge >= 0.3 is 0 Å². The summed E-state index contributed by atoms with van der Waals surface area (Å²) < 4.78 is 0. The molecule has 2 aromatic rings. The maximum absolute atomic E-state index is 6.10. The van der Waals surface area contributed by atoms with E-state index in [1.807, 2.05) is 12.1 Å². The molecule has 3 N–H and O–H groups in total. The van der Waals surface area contributed by atoms with Crippen molar-refractivity contribution in [3.8, 4) is 11.4 Å². The molecule has 1 aliphatic carbocycles. The van der Waals surface area contributed by atoms with Crippen molar-refractivity contribution in [3.63, 3.8) is 0 Å². The molecule has 1 saturated carbocycles. The first kappa shape index (κ1) is 9.47. The molecule has 1 aromatic carbocycles. The van der Waals surface area contributed by atoms with Gasteiger partial charge in [-0.15, -0.1) is 10.2 Å². The van der Waals surface area contributed by atoms with Gasteiger partial charge in [-0.2, -0.15) is 5.21 Å². The fourth-order valence-electron chi connectivity index (χ4n) is 1.85. The number of benzene rings is 1. The Morgan fingerprint density at radius 3 is 2.94 bits per heavy atom. The highest BCUT2D eigenvalue weighted by Gasteiger charge is 2.37. The number of H-pyrrole nitrogens is 1. The van der Waals surface area contributed by atoms with Gasteiger partial charge in [0.2, 0.25) is 5.82 Å². The average molecular weight is 215 g/mol. The predicted octanol–water partition coefficient (Wildman–Crippen LogP) is 0.900. The van der Waals surface area contributed by atoms with Gasteiger partial charge in [0.1, 0.15) is 0 Å². The normalized spacial score (nSPS) is 17.3. The number of rotatable bonds is 3. The monoisotopic (exact) mass is 215 g/mol. The van der Waals surface area contributed by atoms with Crippen LogP contribution < -0.4 is 5.73 Å². The number of nitrogens with two attached hydrogens (primary N) is 1. The number of aromatic amines is 1. The maximum Gasteiger partial charge on any atom is 0.204 e. The van der Waals surface area contributed by atoms with E-state index in [-0.39, 0.29) is 5.54 Å². The second kappa shape index (κ2) is 3.38. The molecule has 5 heteroatoms. The zero-order chi connectivity index (χ0) is 11.0.